The Kier molecular flexibility index (Phi) is 2.03. The quantitative estimate of drug-likeness (QED) is 0.644. The summed E-state index contributed by atoms with van der Waals surface area (Å²) in [7, 11) is 0. The first-order valence-electron chi connectivity index (χ1n) is 4.98. The SMILES string of the molecule is CC1Cc2cccc(O)c2CC1C. The molecule has 0 saturated heterocycles. The van der Waals surface area contributed by atoms with Crippen LogP contribution in [0.4, 0.5) is 0 Å². The number of benzene rings is 1. The molecule has 0 amide bonds. The summed E-state index contributed by atoms with van der Waals surface area (Å²) in [5, 5.41) is 9.66. The molecule has 1 aromatic carbocycles. The van der Waals surface area contributed by atoms with Crippen LogP contribution in [0.15, 0.2) is 18.2 Å². The maximum absolute atomic E-state index is 9.66. The highest BCUT2D eigenvalue weighted by Gasteiger charge is 2.23. The van der Waals surface area contributed by atoms with Gasteiger partial charge in [-0.15, -0.1) is 0 Å². The highest BCUT2D eigenvalue weighted by Crippen LogP contribution is 2.34. The minimum atomic E-state index is 0.483. The predicted octanol–water partition coefficient (Wildman–Crippen LogP) is 2.76. The van der Waals surface area contributed by atoms with Crippen molar-refractivity contribution in [1.82, 2.24) is 0 Å². The Hall–Kier alpha value is -0.980. The number of hydrogen-bond acceptors (Lipinski definition) is 1. The lowest BCUT2D eigenvalue weighted by Crippen LogP contribution is -2.20. The fourth-order valence-electron chi connectivity index (χ4n) is 2.12. The number of rotatable bonds is 0. The second kappa shape index (κ2) is 3.06. The lowest BCUT2D eigenvalue weighted by molar-refractivity contribution is 0.351. The van der Waals surface area contributed by atoms with Gasteiger partial charge in [-0.1, -0.05) is 26.0 Å². The first-order valence-corrected chi connectivity index (χ1v) is 4.98. The number of hydrogen-bond donors (Lipinski definition) is 1. The number of phenols is 1. The van der Waals surface area contributed by atoms with E-state index in [2.05, 4.69) is 19.9 Å². The third kappa shape index (κ3) is 1.43. The lowest BCUT2D eigenvalue weighted by Gasteiger charge is -2.28. The summed E-state index contributed by atoms with van der Waals surface area (Å²) in [6.45, 7) is 4.55. The van der Waals surface area contributed by atoms with Gasteiger partial charge < -0.3 is 5.11 Å². The first kappa shape index (κ1) is 8.61. The summed E-state index contributed by atoms with van der Waals surface area (Å²) in [4.78, 5) is 0. The number of phenolic OH excluding ortho intramolecular Hbond substituents is 1. The van der Waals surface area contributed by atoms with Crippen LogP contribution >= 0.6 is 0 Å². The molecule has 0 heterocycles. The van der Waals surface area contributed by atoms with Gasteiger partial charge in [-0.05, 0) is 41.9 Å². The van der Waals surface area contributed by atoms with Gasteiger partial charge in [-0.3, -0.25) is 0 Å². The summed E-state index contributed by atoms with van der Waals surface area (Å²) in [6, 6.07) is 5.87. The van der Waals surface area contributed by atoms with Gasteiger partial charge in [-0.25, -0.2) is 0 Å². The van der Waals surface area contributed by atoms with Gasteiger partial charge in [0.05, 0.1) is 0 Å². The van der Waals surface area contributed by atoms with Crippen molar-refractivity contribution in [3.8, 4) is 5.75 Å². The van der Waals surface area contributed by atoms with Gasteiger partial charge in [0.15, 0.2) is 0 Å². The molecule has 2 atom stereocenters. The Balaban J connectivity index is 2.42. The van der Waals surface area contributed by atoms with Crippen molar-refractivity contribution >= 4 is 0 Å². The molecule has 0 aliphatic heterocycles. The van der Waals surface area contributed by atoms with E-state index in [1.54, 1.807) is 6.07 Å². The van der Waals surface area contributed by atoms with Crippen molar-refractivity contribution in [2.45, 2.75) is 26.7 Å². The van der Waals surface area contributed by atoms with E-state index < -0.39 is 0 Å². The van der Waals surface area contributed by atoms with Crippen LogP contribution in [-0.4, -0.2) is 5.11 Å². The van der Waals surface area contributed by atoms with Crippen LogP contribution in [-0.2, 0) is 12.8 Å². The van der Waals surface area contributed by atoms with E-state index in [0.717, 1.165) is 18.8 Å². The summed E-state index contributed by atoms with van der Waals surface area (Å²) >= 11 is 0. The van der Waals surface area contributed by atoms with Crippen molar-refractivity contribution < 1.29 is 5.11 Å². The van der Waals surface area contributed by atoms with Crippen LogP contribution in [0.1, 0.15) is 25.0 Å². The molecule has 0 fully saturated rings. The van der Waals surface area contributed by atoms with E-state index in [1.807, 2.05) is 6.07 Å². The molecule has 1 N–H and O–H groups in total. The number of fused-ring (bicyclic) bond motifs is 1. The third-order valence-corrected chi connectivity index (χ3v) is 3.29. The molecule has 0 bridgehead atoms. The largest absolute Gasteiger partial charge is 0.508 e. The summed E-state index contributed by atoms with van der Waals surface area (Å²) in [5.41, 5.74) is 2.51. The smallest absolute Gasteiger partial charge is 0.119 e. The van der Waals surface area contributed by atoms with E-state index in [4.69, 9.17) is 0 Å². The maximum atomic E-state index is 9.66. The standard InChI is InChI=1S/C12H16O/c1-8-6-10-4-3-5-12(13)11(10)7-9(8)2/h3-5,8-9,13H,6-7H2,1-2H3. The zero-order valence-electron chi connectivity index (χ0n) is 8.25. The van der Waals surface area contributed by atoms with Gasteiger partial charge in [0.2, 0.25) is 0 Å². The highest BCUT2D eigenvalue weighted by atomic mass is 16.3. The Bertz CT molecular complexity index is 317. The van der Waals surface area contributed by atoms with Crippen LogP contribution in [0.25, 0.3) is 0 Å². The predicted molar refractivity (Wildman–Crippen MR) is 53.8 cm³/mol. The molecule has 1 aromatic rings. The molecular weight excluding hydrogens is 160 g/mol. The fraction of sp³-hybridized carbons (Fsp3) is 0.500. The molecule has 70 valence electrons. The van der Waals surface area contributed by atoms with Gasteiger partial charge in [-0.2, -0.15) is 0 Å². The van der Waals surface area contributed by atoms with E-state index in [0.29, 0.717) is 11.7 Å². The van der Waals surface area contributed by atoms with E-state index in [9.17, 15) is 5.11 Å². The van der Waals surface area contributed by atoms with E-state index in [-0.39, 0.29) is 0 Å². The second-order valence-electron chi connectivity index (χ2n) is 4.28. The minimum absolute atomic E-state index is 0.483. The van der Waals surface area contributed by atoms with Crippen molar-refractivity contribution in [2.75, 3.05) is 0 Å². The molecule has 1 aliphatic rings. The molecule has 1 nitrogen and oxygen atoms in total. The average Bonchev–Trinajstić information content (AvgIpc) is 2.09. The van der Waals surface area contributed by atoms with Crippen molar-refractivity contribution in [3.05, 3.63) is 29.3 Å². The molecule has 2 rings (SSSR count). The third-order valence-electron chi connectivity index (χ3n) is 3.29. The normalized spacial score (nSPS) is 26.9. The van der Waals surface area contributed by atoms with Crippen molar-refractivity contribution in [3.63, 3.8) is 0 Å². The second-order valence-corrected chi connectivity index (χ2v) is 4.28. The summed E-state index contributed by atoms with van der Waals surface area (Å²) in [5.74, 6) is 1.92. The van der Waals surface area contributed by atoms with Crippen LogP contribution in [0.2, 0.25) is 0 Å². The van der Waals surface area contributed by atoms with Crippen LogP contribution in [0, 0.1) is 11.8 Å². The Morgan fingerprint density at radius 1 is 1.15 bits per heavy atom. The molecule has 1 heteroatoms. The molecule has 0 radical (unpaired) electrons. The first-order chi connectivity index (χ1) is 6.18. The summed E-state index contributed by atoms with van der Waals surface area (Å²) in [6.07, 6.45) is 2.15. The molecular formula is C12H16O. The topological polar surface area (TPSA) is 20.2 Å². The van der Waals surface area contributed by atoms with Crippen molar-refractivity contribution in [2.24, 2.45) is 11.8 Å². The molecule has 1 aliphatic carbocycles. The molecule has 0 aromatic heterocycles. The maximum Gasteiger partial charge on any atom is 0.119 e. The Labute approximate surface area is 79.4 Å². The van der Waals surface area contributed by atoms with Gasteiger partial charge in [0, 0.05) is 0 Å². The van der Waals surface area contributed by atoms with E-state index >= 15 is 0 Å². The average molecular weight is 176 g/mol. The Morgan fingerprint density at radius 2 is 1.85 bits per heavy atom. The zero-order chi connectivity index (χ0) is 9.42. The number of aromatic hydroxyl groups is 1. The lowest BCUT2D eigenvalue weighted by atomic mass is 9.77. The minimum Gasteiger partial charge on any atom is -0.508 e. The van der Waals surface area contributed by atoms with Gasteiger partial charge in [0.1, 0.15) is 5.75 Å². The van der Waals surface area contributed by atoms with Gasteiger partial charge in [0.25, 0.3) is 0 Å². The van der Waals surface area contributed by atoms with Crippen LogP contribution in [0.3, 0.4) is 0 Å². The summed E-state index contributed by atoms with van der Waals surface area (Å²) < 4.78 is 0. The van der Waals surface area contributed by atoms with Crippen molar-refractivity contribution in [1.29, 1.82) is 0 Å². The molecule has 0 spiro atoms. The molecule has 0 saturated carbocycles. The monoisotopic (exact) mass is 176 g/mol. The molecule has 2 unspecified atom stereocenters. The fourth-order valence-corrected chi connectivity index (χ4v) is 2.12. The van der Waals surface area contributed by atoms with E-state index in [1.165, 1.54) is 11.1 Å². The Morgan fingerprint density at radius 3 is 2.62 bits per heavy atom. The van der Waals surface area contributed by atoms with Crippen LogP contribution < -0.4 is 0 Å². The zero-order valence-corrected chi connectivity index (χ0v) is 8.25. The van der Waals surface area contributed by atoms with Gasteiger partial charge >= 0.3 is 0 Å². The highest BCUT2D eigenvalue weighted by molar-refractivity contribution is 5.41. The van der Waals surface area contributed by atoms with Crippen LogP contribution in [0.5, 0.6) is 5.75 Å². The molecule has 13 heavy (non-hydrogen) atoms.